The maximum absolute atomic E-state index is 12.1. The summed E-state index contributed by atoms with van der Waals surface area (Å²) in [5.74, 6) is -1.45. The summed E-state index contributed by atoms with van der Waals surface area (Å²) < 4.78 is 5.05. The van der Waals surface area contributed by atoms with Gasteiger partial charge in [0.2, 0.25) is 0 Å². The first-order chi connectivity index (χ1) is 9.62. The minimum atomic E-state index is -0.877. The molecule has 124 valence electrons. The van der Waals surface area contributed by atoms with E-state index in [9.17, 15) is 14.7 Å². The highest BCUT2D eigenvalue weighted by Crippen LogP contribution is 2.24. The fraction of sp³-hybridized carbons (Fsp3) is 0.867. The van der Waals surface area contributed by atoms with Crippen LogP contribution in [0.3, 0.4) is 0 Å². The van der Waals surface area contributed by atoms with E-state index in [2.05, 4.69) is 5.32 Å². The lowest BCUT2D eigenvalue weighted by molar-refractivity contribution is -0.142. The maximum Gasteiger partial charge on any atom is 0.317 e. The molecule has 0 aromatic rings. The quantitative estimate of drug-likeness (QED) is 0.720. The van der Waals surface area contributed by atoms with Crippen LogP contribution in [0.4, 0.5) is 4.79 Å². The average molecular weight is 302 g/mol. The van der Waals surface area contributed by atoms with Gasteiger partial charge in [0.05, 0.1) is 18.6 Å². The van der Waals surface area contributed by atoms with Gasteiger partial charge in [0, 0.05) is 20.2 Å². The number of rotatable bonds is 8. The second-order valence-corrected chi connectivity index (χ2v) is 6.58. The Morgan fingerprint density at radius 1 is 1.33 bits per heavy atom. The molecule has 2 unspecified atom stereocenters. The van der Waals surface area contributed by atoms with Gasteiger partial charge in [-0.2, -0.15) is 0 Å². The summed E-state index contributed by atoms with van der Waals surface area (Å²) in [6.07, 6.45) is 0.516. The smallest absolute Gasteiger partial charge is 0.317 e. The number of nitrogens with one attached hydrogen (secondary N) is 1. The molecule has 0 saturated heterocycles. The van der Waals surface area contributed by atoms with Crippen molar-refractivity contribution in [2.24, 2.45) is 11.3 Å². The molecule has 0 aromatic heterocycles. The largest absolute Gasteiger partial charge is 0.481 e. The van der Waals surface area contributed by atoms with Gasteiger partial charge in [-0.25, -0.2) is 4.79 Å². The number of methoxy groups -OCH3 is 1. The van der Waals surface area contributed by atoms with Crippen LogP contribution in [0.2, 0.25) is 0 Å². The first-order valence-corrected chi connectivity index (χ1v) is 7.38. The van der Waals surface area contributed by atoms with E-state index in [-0.39, 0.29) is 24.0 Å². The standard InChI is InChI=1S/C15H30N2O4/c1-7-17(11(2)10-21-6)14(20)16-9-12(13(18)19)8-15(3,4)5/h11-12H,7-10H2,1-6H3,(H,16,20)(H,18,19). The molecule has 2 amide bonds. The predicted octanol–water partition coefficient (Wildman–Crippen LogP) is 2.19. The topological polar surface area (TPSA) is 78.9 Å². The number of urea groups is 1. The highest BCUT2D eigenvalue weighted by Gasteiger charge is 2.26. The Kier molecular flexibility index (Phi) is 8.32. The van der Waals surface area contributed by atoms with Crippen LogP contribution < -0.4 is 5.32 Å². The Bertz CT molecular complexity index is 339. The molecular weight excluding hydrogens is 272 g/mol. The van der Waals surface area contributed by atoms with E-state index in [1.165, 1.54) is 0 Å². The fourth-order valence-electron chi connectivity index (χ4n) is 2.28. The van der Waals surface area contributed by atoms with E-state index < -0.39 is 11.9 Å². The number of carboxylic acid groups (broad SMARTS) is 1. The zero-order valence-electron chi connectivity index (χ0n) is 14.1. The Morgan fingerprint density at radius 3 is 2.29 bits per heavy atom. The van der Waals surface area contributed by atoms with Crippen molar-refractivity contribution in [3.63, 3.8) is 0 Å². The number of carbonyl (C=O) groups is 2. The molecule has 21 heavy (non-hydrogen) atoms. The molecule has 6 nitrogen and oxygen atoms in total. The number of aliphatic carboxylic acids is 1. The van der Waals surface area contributed by atoms with Crippen LogP contribution in [-0.2, 0) is 9.53 Å². The molecule has 0 bridgehead atoms. The second-order valence-electron chi connectivity index (χ2n) is 6.58. The van der Waals surface area contributed by atoms with Crippen LogP contribution in [0.5, 0.6) is 0 Å². The summed E-state index contributed by atoms with van der Waals surface area (Å²) in [6.45, 7) is 10.9. The molecule has 0 fully saturated rings. The van der Waals surface area contributed by atoms with Crippen molar-refractivity contribution in [1.29, 1.82) is 0 Å². The third kappa shape index (κ3) is 7.90. The van der Waals surface area contributed by atoms with Crippen molar-refractivity contribution < 1.29 is 19.4 Å². The van der Waals surface area contributed by atoms with Gasteiger partial charge in [-0.3, -0.25) is 4.79 Å². The predicted molar refractivity (Wildman–Crippen MR) is 82.3 cm³/mol. The Balaban J connectivity index is 4.57. The monoisotopic (exact) mass is 302 g/mol. The van der Waals surface area contributed by atoms with E-state index in [0.29, 0.717) is 19.6 Å². The molecule has 2 N–H and O–H groups in total. The van der Waals surface area contributed by atoms with Gasteiger partial charge in [0.25, 0.3) is 0 Å². The number of carboxylic acids is 1. The lowest BCUT2D eigenvalue weighted by Gasteiger charge is -2.29. The van der Waals surface area contributed by atoms with Crippen molar-refractivity contribution >= 4 is 12.0 Å². The lowest BCUT2D eigenvalue weighted by atomic mass is 9.84. The fourth-order valence-corrected chi connectivity index (χ4v) is 2.28. The summed E-state index contributed by atoms with van der Waals surface area (Å²) in [7, 11) is 1.59. The summed E-state index contributed by atoms with van der Waals surface area (Å²) in [6, 6.07) is -0.298. The van der Waals surface area contributed by atoms with Crippen molar-refractivity contribution in [3.05, 3.63) is 0 Å². The van der Waals surface area contributed by atoms with Crippen LogP contribution >= 0.6 is 0 Å². The van der Waals surface area contributed by atoms with E-state index in [1.54, 1.807) is 12.0 Å². The molecule has 6 heteroatoms. The summed E-state index contributed by atoms with van der Waals surface area (Å²) >= 11 is 0. The van der Waals surface area contributed by atoms with Gasteiger partial charge in [-0.15, -0.1) is 0 Å². The number of amides is 2. The van der Waals surface area contributed by atoms with Gasteiger partial charge in [0.15, 0.2) is 0 Å². The van der Waals surface area contributed by atoms with E-state index in [4.69, 9.17) is 4.74 Å². The number of nitrogens with zero attached hydrogens (tertiary/aromatic N) is 1. The summed E-state index contributed by atoms with van der Waals surface area (Å²) in [5.41, 5.74) is -0.0957. The lowest BCUT2D eigenvalue weighted by Crippen LogP contribution is -2.48. The van der Waals surface area contributed by atoms with Gasteiger partial charge in [-0.1, -0.05) is 20.8 Å². The van der Waals surface area contributed by atoms with E-state index in [0.717, 1.165) is 0 Å². The van der Waals surface area contributed by atoms with Crippen molar-refractivity contribution in [1.82, 2.24) is 10.2 Å². The molecule has 0 rings (SSSR count). The van der Waals surface area contributed by atoms with Crippen LogP contribution in [0, 0.1) is 11.3 Å². The molecule has 0 spiro atoms. The number of carbonyl (C=O) groups excluding carboxylic acids is 1. The van der Waals surface area contributed by atoms with Crippen LogP contribution in [0.1, 0.15) is 41.0 Å². The van der Waals surface area contributed by atoms with Crippen LogP contribution in [0.15, 0.2) is 0 Å². The molecule has 0 aliphatic heterocycles. The molecule has 0 saturated carbocycles. The molecule has 0 radical (unpaired) electrons. The highest BCUT2D eigenvalue weighted by molar-refractivity contribution is 5.76. The van der Waals surface area contributed by atoms with Gasteiger partial charge in [0.1, 0.15) is 0 Å². The number of likely N-dealkylation sites (N-methyl/N-ethyl adjacent to an activating group) is 1. The van der Waals surface area contributed by atoms with Crippen molar-refractivity contribution in [2.45, 2.75) is 47.1 Å². The van der Waals surface area contributed by atoms with Crippen LogP contribution in [-0.4, -0.2) is 54.9 Å². The third-order valence-electron chi connectivity index (χ3n) is 3.25. The van der Waals surface area contributed by atoms with Gasteiger partial charge in [-0.05, 0) is 25.7 Å². The molecule has 0 heterocycles. The van der Waals surface area contributed by atoms with E-state index in [1.807, 2.05) is 34.6 Å². The number of hydrogen-bond donors (Lipinski definition) is 2. The second kappa shape index (κ2) is 8.87. The molecule has 0 aromatic carbocycles. The summed E-state index contributed by atoms with van der Waals surface area (Å²) in [5, 5.41) is 12.0. The molecular formula is C15H30N2O4. The normalized spacial score (nSPS) is 14.4. The first kappa shape index (κ1) is 19.7. The van der Waals surface area contributed by atoms with Crippen molar-refractivity contribution in [2.75, 3.05) is 26.8 Å². The molecule has 2 atom stereocenters. The average Bonchev–Trinajstić information content (AvgIpc) is 2.34. The SMILES string of the molecule is CCN(C(=O)NCC(CC(C)(C)C)C(=O)O)C(C)COC. The maximum atomic E-state index is 12.1. The minimum Gasteiger partial charge on any atom is -0.481 e. The number of hydrogen-bond acceptors (Lipinski definition) is 3. The van der Waals surface area contributed by atoms with Crippen LogP contribution in [0.25, 0.3) is 0 Å². The first-order valence-electron chi connectivity index (χ1n) is 7.38. The van der Waals surface area contributed by atoms with E-state index >= 15 is 0 Å². The van der Waals surface area contributed by atoms with Gasteiger partial charge < -0.3 is 20.1 Å². The Hall–Kier alpha value is -1.30. The molecule has 0 aliphatic rings. The Labute approximate surface area is 127 Å². The highest BCUT2D eigenvalue weighted by atomic mass is 16.5. The summed E-state index contributed by atoms with van der Waals surface area (Å²) in [4.78, 5) is 25.1. The minimum absolute atomic E-state index is 0.0501. The third-order valence-corrected chi connectivity index (χ3v) is 3.25. The Morgan fingerprint density at radius 2 is 1.90 bits per heavy atom. The van der Waals surface area contributed by atoms with Crippen molar-refractivity contribution in [3.8, 4) is 0 Å². The molecule has 0 aliphatic carbocycles. The van der Waals surface area contributed by atoms with Gasteiger partial charge >= 0.3 is 12.0 Å². The number of ether oxygens (including phenoxy) is 1. The zero-order valence-corrected chi connectivity index (χ0v) is 14.1. The zero-order chi connectivity index (χ0) is 16.6.